The van der Waals surface area contributed by atoms with Crippen LogP contribution >= 0.6 is 15.9 Å². The molecule has 2 aromatic carbocycles. The smallest absolute Gasteiger partial charge is 0.324 e. The highest BCUT2D eigenvalue weighted by molar-refractivity contribution is 9.10. The zero-order valence-electron chi connectivity index (χ0n) is 16.7. The third kappa shape index (κ3) is 4.67. The normalized spacial score (nSPS) is 11.2. The lowest BCUT2D eigenvalue weighted by molar-refractivity contribution is -0.116. The fourth-order valence-corrected chi connectivity index (χ4v) is 3.76. The SMILES string of the molecule is Cc1ccc(NC(=O)Cn2c(=O)n(CCC(C)C)c(=O)c3ccccc32)c(Br)c1. The number of para-hydroxylation sites is 1. The van der Waals surface area contributed by atoms with Crippen molar-refractivity contribution in [3.8, 4) is 0 Å². The minimum absolute atomic E-state index is 0.179. The fourth-order valence-electron chi connectivity index (χ4n) is 3.16. The summed E-state index contributed by atoms with van der Waals surface area (Å²) >= 11 is 3.44. The summed E-state index contributed by atoms with van der Waals surface area (Å²) < 4.78 is 3.37. The number of benzene rings is 2. The number of fused-ring (bicyclic) bond motifs is 1. The summed E-state index contributed by atoms with van der Waals surface area (Å²) in [4.78, 5) is 38.6. The number of carbonyl (C=O) groups is 1. The molecule has 6 nitrogen and oxygen atoms in total. The van der Waals surface area contributed by atoms with E-state index in [4.69, 9.17) is 0 Å². The Hall–Kier alpha value is -2.67. The van der Waals surface area contributed by atoms with Gasteiger partial charge < -0.3 is 5.32 Å². The maximum Gasteiger partial charge on any atom is 0.331 e. The maximum atomic E-state index is 13.1. The van der Waals surface area contributed by atoms with Crippen molar-refractivity contribution in [2.75, 3.05) is 5.32 Å². The monoisotopic (exact) mass is 457 g/mol. The first kappa shape index (κ1) is 21.0. The van der Waals surface area contributed by atoms with Gasteiger partial charge in [-0.1, -0.05) is 32.0 Å². The number of amides is 1. The Morgan fingerprint density at radius 1 is 1.10 bits per heavy atom. The number of aromatic nitrogens is 2. The molecule has 0 saturated heterocycles. The van der Waals surface area contributed by atoms with Crippen LogP contribution in [0, 0.1) is 12.8 Å². The second-order valence-corrected chi connectivity index (χ2v) is 8.41. The van der Waals surface area contributed by atoms with Crippen LogP contribution in [0.1, 0.15) is 25.8 Å². The van der Waals surface area contributed by atoms with Gasteiger partial charge in [0.1, 0.15) is 6.54 Å². The molecule has 29 heavy (non-hydrogen) atoms. The van der Waals surface area contributed by atoms with Gasteiger partial charge in [-0.2, -0.15) is 0 Å². The Kier molecular flexibility index (Phi) is 6.37. The zero-order chi connectivity index (χ0) is 21.1. The molecule has 0 atom stereocenters. The van der Waals surface area contributed by atoms with Gasteiger partial charge in [-0.05, 0) is 65.0 Å². The van der Waals surface area contributed by atoms with Crippen molar-refractivity contribution < 1.29 is 4.79 Å². The average molecular weight is 458 g/mol. The van der Waals surface area contributed by atoms with E-state index in [0.717, 1.165) is 10.0 Å². The van der Waals surface area contributed by atoms with Crippen LogP contribution < -0.4 is 16.6 Å². The molecule has 7 heteroatoms. The highest BCUT2D eigenvalue weighted by Gasteiger charge is 2.16. The number of hydrogen-bond donors (Lipinski definition) is 1. The highest BCUT2D eigenvalue weighted by Crippen LogP contribution is 2.23. The van der Waals surface area contributed by atoms with E-state index in [-0.39, 0.29) is 18.0 Å². The van der Waals surface area contributed by atoms with Crippen LogP contribution in [0.3, 0.4) is 0 Å². The molecule has 0 aliphatic rings. The number of rotatable bonds is 6. The quantitative estimate of drug-likeness (QED) is 0.609. The lowest BCUT2D eigenvalue weighted by Crippen LogP contribution is -2.42. The first-order valence-electron chi connectivity index (χ1n) is 9.56. The molecule has 0 bridgehead atoms. The third-order valence-electron chi connectivity index (χ3n) is 4.76. The number of anilines is 1. The Labute approximate surface area is 177 Å². The van der Waals surface area contributed by atoms with E-state index < -0.39 is 5.69 Å². The summed E-state index contributed by atoms with van der Waals surface area (Å²) in [5.74, 6) is 0.0132. The maximum absolute atomic E-state index is 13.1. The van der Waals surface area contributed by atoms with Crippen LogP contribution in [0.5, 0.6) is 0 Å². The van der Waals surface area contributed by atoms with Crippen molar-refractivity contribution in [2.24, 2.45) is 5.92 Å². The van der Waals surface area contributed by atoms with Crippen molar-refractivity contribution >= 4 is 38.4 Å². The zero-order valence-corrected chi connectivity index (χ0v) is 18.3. The molecule has 0 unspecified atom stereocenters. The van der Waals surface area contributed by atoms with Gasteiger partial charge in [0.2, 0.25) is 5.91 Å². The van der Waals surface area contributed by atoms with E-state index in [2.05, 4.69) is 21.2 Å². The largest absolute Gasteiger partial charge is 0.331 e. The summed E-state index contributed by atoms with van der Waals surface area (Å²) in [5.41, 5.74) is 1.37. The van der Waals surface area contributed by atoms with Gasteiger partial charge in [0.25, 0.3) is 5.56 Å². The van der Waals surface area contributed by atoms with Gasteiger partial charge >= 0.3 is 5.69 Å². The fraction of sp³-hybridized carbons (Fsp3) is 0.318. The van der Waals surface area contributed by atoms with Gasteiger partial charge in [-0.25, -0.2) is 4.79 Å². The molecule has 3 aromatic rings. The second kappa shape index (κ2) is 8.78. The molecule has 0 radical (unpaired) electrons. The molecular formula is C22H24BrN3O3. The van der Waals surface area contributed by atoms with E-state index in [1.165, 1.54) is 9.13 Å². The van der Waals surface area contributed by atoms with E-state index in [0.29, 0.717) is 35.5 Å². The predicted octanol–water partition coefficient (Wildman–Crippen LogP) is 3.92. The topological polar surface area (TPSA) is 73.1 Å². The van der Waals surface area contributed by atoms with Crippen molar-refractivity contribution in [3.05, 3.63) is 73.3 Å². The third-order valence-corrected chi connectivity index (χ3v) is 5.42. The summed E-state index contributed by atoms with van der Waals surface area (Å²) in [6, 6.07) is 12.5. The molecule has 1 amide bonds. The van der Waals surface area contributed by atoms with Gasteiger partial charge in [0.15, 0.2) is 0 Å². The number of halogens is 1. The lowest BCUT2D eigenvalue weighted by Gasteiger charge is -2.15. The minimum Gasteiger partial charge on any atom is -0.324 e. The molecule has 0 aliphatic carbocycles. The number of nitrogens with one attached hydrogen (secondary N) is 1. The summed E-state index contributed by atoms with van der Waals surface area (Å²) in [5, 5.41) is 3.26. The van der Waals surface area contributed by atoms with Crippen molar-refractivity contribution in [3.63, 3.8) is 0 Å². The average Bonchev–Trinajstić information content (AvgIpc) is 2.67. The van der Waals surface area contributed by atoms with Gasteiger partial charge in [-0.15, -0.1) is 0 Å². The van der Waals surface area contributed by atoms with Crippen LogP contribution in [0.15, 0.2) is 56.5 Å². The molecular weight excluding hydrogens is 434 g/mol. The molecule has 1 aromatic heterocycles. The van der Waals surface area contributed by atoms with Crippen LogP contribution in [0.2, 0.25) is 0 Å². The van der Waals surface area contributed by atoms with Crippen molar-refractivity contribution in [2.45, 2.75) is 40.3 Å². The molecule has 1 N–H and O–H groups in total. The van der Waals surface area contributed by atoms with Crippen LogP contribution in [0.25, 0.3) is 10.9 Å². The number of hydrogen-bond acceptors (Lipinski definition) is 3. The number of aryl methyl sites for hydroxylation is 1. The van der Waals surface area contributed by atoms with E-state index >= 15 is 0 Å². The van der Waals surface area contributed by atoms with Crippen LogP contribution in [-0.4, -0.2) is 15.0 Å². The minimum atomic E-state index is -0.465. The lowest BCUT2D eigenvalue weighted by atomic mass is 10.1. The summed E-state index contributed by atoms with van der Waals surface area (Å²) in [7, 11) is 0. The Bertz CT molecular complexity index is 1180. The van der Waals surface area contributed by atoms with Gasteiger partial charge in [0, 0.05) is 11.0 Å². The van der Waals surface area contributed by atoms with Crippen molar-refractivity contribution in [1.82, 2.24) is 9.13 Å². The highest BCUT2D eigenvalue weighted by atomic mass is 79.9. The molecule has 152 valence electrons. The first-order valence-corrected chi connectivity index (χ1v) is 10.4. The second-order valence-electron chi connectivity index (χ2n) is 7.56. The van der Waals surface area contributed by atoms with Crippen molar-refractivity contribution in [1.29, 1.82) is 0 Å². The van der Waals surface area contributed by atoms with E-state index in [9.17, 15) is 14.4 Å². The van der Waals surface area contributed by atoms with E-state index in [1.54, 1.807) is 24.3 Å². The predicted molar refractivity (Wildman–Crippen MR) is 119 cm³/mol. The molecule has 1 heterocycles. The van der Waals surface area contributed by atoms with Gasteiger partial charge in [-0.3, -0.25) is 18.7 Å². The molecule has 0 fully saturated rings. The molecule has 0 spiro atoms. The summed E-state index contributed by atoms with van der Waals surface area (Å²) in [6.07, 6.45) is 0.704. The summed E-state index contributed by atoms with van der Waals surface area (Å²) in [6.45, 7) is 6.18. The molecule has 3 rings (SSSR count). The van der Waals surface area contributed by atoms with Crippen LogP contribution in [-0.2, 0) is 17.9 Å². The number of nitrogens with zero attached hydrogens (tertiary/aromatic N) is 2. The molecule has 0 aliphatic heterocycles. The Balaban J connectivity index is 2.00. The first-order chi connectivity index (χ1) is 13.8. The Morgan fingerprint density at radius 3 is 2.52 bits per heavy atom. The number of carbonyl (C=O) groups excluding carboxylic acids is 1. The standard InChI is InChI=1S/C22H24BrN3O3/c1-14(2)10-11-25-21(28)16-6-4-5-7-19(16)26(22(25)29)13-20(27)24-18-9-8-15(3)12-17(18)23/h4-9,12,14H,10-11,13H2,1-3H3,(H,24,27). The van der Waals surface area contributed by atoms with Gasteiger partial charge in [0.05, 0.1) is 16.6 Å². The van der Waals surface area contributed by atoms with E-state index in [1.807, 2.05) is 39.0 Å². The Morgan fingerprint density at radius 2 is 1.83 bits per heavy atom. The molecule has 0 saturated carbocycles. The van der Waals surface area contributed by atoms with Crippen LogP contribution in [0.4, 0.5) is 5.69 Å².